The van der Waals surface area contributed by atoms with Crippen LogP contribution in [0.5, 0.6) is 5.88 Å². The number of benzene rings is 1. The smallest absolute Gasteiger partial charge is 0.272 e. The number of hydrogen-bond acceptors (Lipinski definition) is 6. The highest BCUT2D eigenvalue weighted by molar-refractivity contribution is 6.05. The molecule has 0 aliphatic carbocycles. The lowest BCUT2D eigenvalue weighted by Crippen LogP contribution is -2.57. The average molecular weight is 467 g/mol. The standard InChI is InChI=1S/C24H27FN6O3/c1-17-13-18(2)30(27-17)16-23(32)28-9-11-29(12-10-28)31(21-7-8-26-22(15-21)34-3)24(33)19-5-4-6-20(25)14-19/h4-8,13-15H,9-12,16H2,1-3H3. The second kappa shape index (κ2) is 10.0. The molecule has 0 atom stereocenters. The van der Waals surface area contributed by atoms with Crippen molar-refractivity contribution in [3.63, 3.8) is 0 Å². The molecule has 1 fully saturated rings. The van der Waals surface area contributed by atoms with Gasteiger partial charge in [0.1, 0.15) is 12.4 Å². The first-order chi connectivity index (χ1) is 16.4. The molecule has 10 heteroatoms. The van der Waals surface area contributed by atoms with Gasteiger partial charge in [0.25, 0.3) is 5.91 Å². The van der Waals surface area contributed by atoms with Crippen molar-refractivity contribution >= 4 is 17.5 Å². The highest BCUT2D eigenvalue weighted by Gasteiger charge is 2.30. The maximum absolute atomic E-state index is 13.8. The third-order valence-electron chi connectivity index (χ3n) is 5.72. The average Bonchev–Trinajstić information content (AvgIpc) is 3.16. The first-order valence-electron chi connectivity index (χ1n) is 11.0. The van der Waals surface area contributed by atoms with Crippen LogP contribution in [0.4, 0.5) is 10.1 Å². The lowest BCUT2D eigenvalue weighted by molar-refractivity contribution is -0.133. The van der Waals surface area contributed by atoms with Gasteiger partial charge in [-0.2, -0.15) is 5.10 Å². The summed E-state index contributed by atoms with van der Waals surface area (Å²) in [6.07, 6.45) is 1.55. The van der Waals surface area contributed by atoms with Crippen molar-refractivity contribution in [2.24, 2.45) is 0 Å². The van der Waals surface area contributed by atoms with Gasteiger partial charge in [-0.25, -0.2) is 19.4 Å². The Hall–Kier alpha value is -3.79. The number of halogens is 1. The van der Waals surface area contributed by atoms with Crippen LogP contribution in [0.25, 0.3) is 0 Å². The van der Waals surface area contributed by atoms with E-state index in [0.717, 1.165) is 11.4 Å². The SMILES string of the molecule is COc1cc(N(C(=O)c2cccc(F)c2)N2CCN(C(=O)Cn3nc(C)cc3C)CC2)ccn1. The summed E-state index contributed by atoms with van der Waals surface area (Å²) < 4.78 is 20.8. The van der Waals surface area contributed by atoms with Gasteiger partial charge < -0.3 is 9.64 Å². The Morgan fingerprint density at radius 2 is 1.85 bits per heavy atom. The van der Waals surface area contributed by atoms with Crippen molar-refractivity contribution in [3.05, 3.63) is 71.4 Å². The molecule has 1 aliphatic rings. The van der Waals surface area contributed by atoms with E-state index in [4.69, 9.17) is 4.74 Å². The summed E-state index contributed by atoms with van der Waals surface area (Å²) in [5, 5.41) is 7.72. The lowest BCUT2D eigenvalue weighted by atomic mass is 10.2. The van der Waals surface area contributed by atoms with E-state index in [9.17, 15) is 14.0 Å². The molecule has 0 radical (unpaired) electrons. The number of ether oxygens (including phenoxy) is 1. The molecule has 0 saturated carbocycles. The number of piperazine rings is 1. The molecule has 1 saturated heterocycles. The molecule has 178 valence electrons. The Morgan fingerprint density at radius 3 is 2.50 bits per heavy atom. The molecule has 2 aromatic heterocycles. The number of hydrazine groups is 1. The lowest BCUT2D eigenvalue weighted by Gasteiger charge is -2.41. The van der Waals surface area contributed by atoms with Crippen LogP contribution >= 0.6 is 0 Å². The summed E-state index contributed by atoms with van der Waals surface area (Å²) in [4.78, 5) is 32.2. The zero-order valence-electron chi connectivity index (χ0n) is 19.4. The van der Waals surface area contributed by atoms with E-state index in [2.05, 4.69) is 10.1 Å². The molecule has 34 heavy (non-hydrogen) atoms. The van der Waals surface area contributed by atoms with E-state index < -0.39 is 5.82 Å². The second-order valence-electron chi connectivity index (χ2n) is 8.10. The van der Waals surface area contributed by atoms with Crippen LogP contribution in [0, 0.1) is 19.7 Å². The number of carbonyl (C=O) groups is 2. The first-order valence-corrected chi connectivity index (χ1v) is 11.0. The van der Waals surface area contributed by atoms with Crippen LogP contribution < -0.4 is 9.75 Å². The Bertz CT molecular complexity index is 1190. The Kier molecular flexibility index (Phi) is 6.87. The Labute approximate surface area is 197 Å². The summed E-state index contributed by atoms with van der Waals surface area (Å²) in [6, 6.07) is 10.9. The van der Waals surface area contributed by atoms with Gasteiger partial charge in [0.15, 0.2) is 0 Å². The third-order valence-corrected chi connectivity index (χ3v) is 5.72. The van der Waals surface area contributed by atoms with Crippen molar-refractivity contribution in [2.45, 2.75) is 20.4 Å². The number of anilines is 1. The quantitative estimate of drug-likeness (QED) is 0.555. The molecule has 3 heterocycles. The predicted octanol–water partition coefficient (Wildman–Crippen LogP) is 2.45. The molecule has 1 aromatic carbocycles. The van der Waals surface area contributed by atoms with E-state index in [0.29, 0.717) is 37.7 Å². The van der Waals surface area contributed by atoms with Crippen LogP contribution in [0.2, 0.25) is 0 Å². The molecular formula is C24H27FN6O3. The summed E-state index contributed by atoms with van der Waals surface area (Å²) in [5.74, 6) is -0.541. The largest absolute Gasteiger partial charge is 0.481 e. The molecule has 0 bridgehead atoms. The molecule has 4 rings (SSSR count). The van der Waals surface area contributed by atoms with E-state index >= 15 is 0 Å². The van der Waals surface area contributed by atoms with Crippen molar-refractivity contribution in [3.8, 4) is 5.88 Å². The summed E-state index contributed by atoms with van der Waals surface area (Å²) in [7, 11) is 1.50. The fraction of sp³-hybridized carbons (Fsp3) is 0.333. The summed E-state index contributed by atoms with van der Waals surface area (Å²) in [5.41, 5.74) is 2.57. The van der Waals surface area contributed by atoms with E-state index in [1.54, 1.807) is 34.0 Å². The monoisotopic (exact) mass is 466 g/mol. The van der Waals surface area contributed by atoms with Gasteiger partial charge >= 0.3 is 0 Å². The number of nitrogens with zero attached hydrogens (tertiary/aromatic N) is 6. The van der Waals surface area contributed by atoms with E-state index in [-0.39, 0.29) is 23.9 Å². The zero-order chi connectivity index (χ0) is 24.2. The number of pyridine rings is 1. The van der Waals surface area contributed by atoms with Crippen molar-refractivity contribution in [2.75, 3.05) is 38.3 Å². The van der Waals surface area contributed by atoms with Gasteiger partial charge in [-0.05, 0) is 44.2 Å². The maximum atomic E-state index is 13.8. The number of aryl methyl sites for hydroxylation is 2. The van der Waals surface area contributed by atoms with Gasteiger partial charge in [-0.1, -0.05) is 6.07 Å². The molecule has 0 unspecified atom stereocenters. The Balaban J connectivity index is 1.52. The number of methoxy groups -OCH3 is 1. The van der Waals surface area contributed by atoms with Gasteiger partial charge in [0.2, 0.25) is 11.8 Å². The van der Waals surface area contributed by atoms with Crippen LogP contribution in [-0.4, -0.2) is 69.8 Å². The molecule has 1 aliphatic heterocycles. The fourth-order valence-electron chi connectivity index (χ4n) is 4.00. The van der Waals surface area contributed by atoms with Crippen LogP contribution in [0.3, 0.4) is 0 Å². The minimum Gasteiger partial charge on any atom is -0.481 e. The van der Waals surface area contributed by atoms with Crippen LogP contribution in [-0.2, 0) is 11.3 Å². The minimum absolute atomic E-state index is 0.0283. The maximum Gasteiger partial charge on any atom is 0.272 e. The molecule has 0 spiro atoms. The van der Waals surface area contributed by atoms with Crippen molar-refractivity contribution in [1.82, 2.24) is 24.7 Å². The second-order valence-corrected chi connectivity index (χ2v) is 8.10. The fourth-order valence-corrected chi connectivity index (χ4v) is 4.00. The molecule has 2 amide bonds. The summed E-state index contributed by atoms with van der Waals surface area (Å²) in [6.45, 7) is 5.71. The van der Waals surface area contributed by atoms with Crippen LogP contribution in [0.15, 0.2) is 48.7 Å². The normalized spacial score (nSPS) is 14.2. The first kappa shape index (κ1) is 23.4. The molecule has 9 nitrogen and oxygen atoms in total. The van der Waals surface area contributed by atoms with Crippen molar-refractivity contribution in [1.29, 1.82) is 0 Å². The van der Waals surface area contributed by atoms with Crippen LogP contribution in [0.1, 0.15) is 21.7 Å². The highest BCUT2D eigenvalue weighted by atomic mass is 19.1. The third kappa shape index (κ3) is 5.07. The van der Waals surface area contributed by atoms with Crippen molar-refractivity contribution < 1.29 is 18.7 Å². The number of rotatable bonds is 6. The number of aromatic nitrogens is 3. The number of carbonyl (C=O) groups excluding carboxylic acids is 2. The van der Waals surface area contributed by atoms with E-state index in [1.807, 2.05) is 24.9 Å². The number of amides is 2. The van der Waals surface area contributed by atoms with Gasteiger partial charge in [0.05, 0.1) is 18.5 Å². The molecule has 3 aromatic rings. The highest BCUT2D eigenvalue weighted by Crippen LogP contribution is 2.24. The molecule has 0 N–H and O–H groups in total. The van der Waals surface area contributed by atoms with Gasteiger partial charge in [0, 0.05) is 49.7 Å². The van der Waals surface area contributed by atoms with Gasteiger partial charge in [-0.3, -0.25) is 14.3 Å². The van der Waals surface area contributed by atoms with E-state index in [1.165, 1.54) is 30.3 Å². The predicted molar refractivity (Wildman–Crippen MR) is 124 cm³/mol. The topological polar surface area (TPSA) is 83.8 Å². The van der Waals surface area contributed by atoms with Gasteiger partial charge in [-0.15, -0.1) is 0 Å². The number of hydrogen-bond donors (Lipinski definition) is 0. The minimum atomic E-state index is -0.488. The molecular weight excluding hydrogens is 439 g/mol. The Morgan fingerprint density at radius 1 is 1.09 bits per heavy atom. The summed E-state index contributed by atoms with van der Waals surface area (Å²) >= 11 is 0. The zero-order valence-corrected chi connectivity index (χ0v) is 19.4.